The largest absolute Gasteiger partial charge is 0.342 e. The van der Waals surface area contributed by atoms with E-state index in [1.807, 2.05) is 36.4 Å². The van der Waals surface area contributed by atoms with Gasteiger partial charge in [0.25, 0.3) is 5.85 Å². The molecule has 0 N–H and O–H groups in total. The first-order chi connectivity index (χ1) is 12.7. The number of hydrogen-bond acceptors (Lipinski definition) is 1. The molecule has 0 aliphatic heterocycles. The zero-order valence-electron chi connectivity index (χ0n) is 15.7. The average molecular weight is 352 g/mol. The van der Waals surface area contributed by atoms with Gasteiger partial charge in [-0.15, -0.1) is 6.58 Å². The van der Waals surface area contributed by atoms with E-state index in [1.165, 1.54) is 44.8 Å². The number of benzene rings is 2. The Balaban J connectivity index is 1.70. The zero-order chi connectivity index (χ0) is 18.4. The van der Waals surface area contributed by atoms with E-state index in [-0.39, 0.29) is 0 Å². The van der Waals surface area contributed by atoms with Crippen LogP contribution in [0.1, 0.15) is 61.1 Å². The molecule has 138 valence electrons. The number of alkyl halides is 1. The molecule has 1 aliphatic carbocycles. The molecular weight excluding hydrogens is 323 g/mol. The maximum absolute atomic E-state index is 15.5. The van der Waals surface area contributed by atoms with Crippen LogP contribution in [0.4, 0.5) is 4.39 Å². The Morgan fingerprint density at radius 2 is 1.62 bits per heavy atom. The van der Waals surface area contributed by atoms with Crippen LogP contribution in [0.3, 0.4) is 0 Å². The highest BCUT2D eigenvalue weighted by molar-refractivity contribution is 5.36. The molecule has 0 amide bonds. The lowest BCUT2D eigenvalue weighted by molar-refractivity contribution is -0.0921. The van der Waals surface area contributed by atoms with Gasteiger partial charge in [-0.3, -0.25) is 0 Å². The first-order valence-corrected chi connectivity index (χ1v) is 9.68. The predicted octanol–water partition coefficient (Wildman–Crippen LogP) is 6.74. The number of methoxy groups -OCH3 is 1. The second-order valence-electron chi connectivity index (χ2n) is 7.37. The average Bonchev–Trinajstić information content (AvgIpc) is 2.73. The van der Waals surface area contributed by atoms with Gasteiger partial charge in [-0.05, 0) is 55.9 Å². The highest BCUT2D eigenvalue weighted by Gasteiger charge is 2.34. The van der Waals surface area contributed by atoms with Crippen LogP contribution in [0.5, 0.6) is 0 Å². The minimum Gasteiger partial charge on any atom is -0.342 e. The van der Waals surface area contributed by atoms with Gasteiger partial charge in [-0.25, -0.2) is 4.39 Å². The van der Waals surface area contributed by atoms with Gasteiger partial charge < -0.3 is 4.74 Å². The standard InChI is InChI=1S/C24H29FO/c1-3-4-8-19-11-13-20(14-12-19)21-15-17-23(18-16-21)24(25,26-2)22-9-6-5-7-10-22/h3,5-7,9-10,15-20H,1,4,8,11-14H2,2H3/t19-,20-,24?. The summed E-state index contributed by atoms with van der Waals surface area (Å²) in [6.07, 6.45) is 9.45. The molecule has 26 heavy (non-hydrogen) atoms. The normalized spacial score (nSPS) is 22.5. The predicted molar refractivity (Wildman–Crippen MR) is 106 cm³/mol. The number of halogens is 1. The van der Waals surface area contributed by atoms with Crippen molar-refractivity contribution in [3.05, 3.63) is 83.9 Å². The molecule has 0 spiro atoms. The highest BCUT2D eigenvalue weighted by Crippen LogP contribution is 2.39. The summed E-state index contributed by atoms with van der Waals surface area (Å²) >= 11 is 0. The Labute approximate surface area is 156 Å². The van der Waals surface area contributed by atoms with Gasteiger partial charge >= 0.3 is 0 Å². The van der Waals surface area contributed by atoms with Crippen molar-refractivity contribution in [3.8, 4) is 0 Å². The van der Waals surface area contributed by atoms with Crippen molar-refractivity contribution < 1.29 is 9.13 Å². The molecule has 0 radical (unpaired) electrons. The number of allylic oxidation sites excluding steroid dienone is 1. The van der Waals surface area contributed by atoms with E-state index in [4.69, 9.17) is 4.74 Å². The van der Waals surface area contributed by atoms with Crippen molar-refractivity contribution in [2.45, 2.75) is 50.3 Å². The van der Waals surface area contributed by atoms with Crippen LogP contribution in [0, 0.1) is 5.92 Å². The van der Waals surface area contributed by atoms with Crippen LogP contribution in [-0.2, 0) is 10.6 Å². The first-order valence-electron chi connectivity index (χ1n) is 9.68. The van der Waals surface area contributed by atoms with Crippen LogP contribution in [-0.4, -0.2) is 7.11 Å². The number of rotatable bonds is 7. The lowest BCUT2D eigenvalue weighted by Crippen LogP contribution is -2.24. The molecule has 3 rings (SSSR count). The molecule has 2 heteroatoms. The summed E-state index contributed by atoms with van der Waals surface area (Å²) in [6, 6.07) is 17.0. The monoisotopic (exact) mass is 352 g/mol. The molecule has 1 unspecified atom stereocenters. The second-order valence-corrected chi connectivity index (χ2v) is 7.37. The fraction of sp³-hybridized carbons (Fsp3) is 0.417. The maximum atomic E-state index is 15.5. The van der Waals surface area contributed by atoms with E-state index in [1.54, 1.807) is 12.1 Å². The van der Waals surface area contributed by atoms with Gasteiger partial charge in [0.15, 0.2) is 0 Å². The Morgan fingerprint density at radius 3 is 2.19 bits per heavy atom. The number of hydrogen-bond donors (Lipinski definition) is 0. The van der Waals surface area contributed by atoms with Gasteiger partial charge in [-0.2, -0.15) is 0 Å². The Morgan fingerprint density at radius 1 is 1.00 bits per heavy atom. The SMILES string of the molecule is C=CCC[C@H]1CC[C@H](c2ccc(C(F)(OC)c3ccccc3)cc2)CC1. The lowest BCUT2D eigenvalue weighted by atomic mass is 9.77. The quantitative estimate of drug-likeness (QED) is 0.501. The number of ether oxygens (including phenoxy) is 1. The Bertz CT molecular complexity index is 686. The summed E-state index contributed by atoms with van der Waals surface area (Å²) in [5.74, 6) is -0.465. The van der Waals surface area contributed by atoms with Gasteiger partial charge in [0.05, 0.1) is 0 Å². The summed E-state index contributed by atoms with van der Waals surface area (Å²) in [5, 5.41) is 0. The van der Waals surface area contributed by atoms with E-state index in [2.05, 4.69) is 18.7 Å². The minimum atomic E-state index is -1.90. The van der Waals surface area contributed by atoms with E-state index in [9.17, 15) is 0 Å². The summed E-state index contributed by atoms with van der Waals surface area (Å²) in [6.45, 7) is 3.82. The molecule has 0 bridgehead atoms. The molecular formula is C24H29FO. The van der Waals surface area contributed by atoms with Gasteiger partial charge in [0.2, 0.25) is 0 Å². The van der Waals surface area contributed by atoms with Crippen LogP contribution in [0.2, 0.25) is 0 Å². The van der Waals surface area contributed by atoms with Crippen LogP contribution in [0.15, 0.2) is 67.3 Å². The topological polar surface area (TPSA) is 9.23 Å². The summed E-state index contributed by atoms with van der Waals surface area (Å²) in [7, 11) is 1.42. The maximum Gasteiger partial charge on any atom is 0.261 e. The van der Waals surface area contributed by atoms with Crippen molar-refractivity contribution in [1.29, 1.82) is 0 Å². The molecule has 1 aliphatic rings. The zero-order valence-corrected chi connectivity index (χ0v) is 15.7. The van der Waals surface area contributed by atoms with Crippen molar-refractivity contribution in [1.82, 2.24) is 0 Å². The summed E-state index contributed by atoms with van der Waals surface area (Å²) in [4.78, 5) is 0. The fourth-order valence-electron chi connectivity index (χ4n) is 4.16. The smallest absolute Gasteiger partial charge is 0.261 e. The lowest BCUT2D eigenvalue weighted by Gasteiger charge is -2.29. The molecule has 1 fully saturated rings. The van der Waals surface area contributed by atoms with Gasteiger partial charge in [0, 0.05) is 18.2 Å². The molecule has 2 aromatic carbocycles. The van der Waals surface area contributed by atoms with Crippen LogP contribution < -0.4 is 0 Å². The molecule has 1 atom stereocenters. The fourth-order valence-corrected chi connectivity index (χ4v) is 4.16. The van der Waals surface area contributed by atoms with Crippen molar-refractivity contribution in [2.75, 3.05) is 7.11 Å². The van der Waals surface area contributed by atoms with E-state index >= 15 is 4.39 Å². The molecule has 2 aromatic rings. The van der Waals surface area contributed by atoms with Crippen molar-refractivity contribution in [3.63, 3.8) is 0 Å². The van der Waals surface area contributed by atoms with Crippen molar-refractivity contribution in [2.24, 2.45) is 5.92 Å². The van der Waals surface area contributed by atoms with E-state index < -0.39 is 5.85 Å². The van der Waals surface area contributed by atoms with Crippen LogP contribution >= 0.6 is 0 Å². The molecule has 0 saturated heterocycles. The van der Waals surface area contributed by atoms with E-state index in [0.717, 1.165) is 12.3 Å². The summed E-state index contributed by atoms with van der Waals surface area (Å²) in [5.41, 5.74) is 2.40. The molecule has 0 heterocycles. The van der Waals surface area contributed by atoms with E-state index in [0.29, 0.717) is 17.0 Å². The second kappa shape index (κ2) is 8.64. The minimum absolute atomic E-state index is 0.526. The first kappa shape index (κ1) is 18.8. The van der Waals surface area contributed by atoms with Gasteiger partial charge in [0.1, 0.15) is 0 Å². The molecule has 1 nitrogen and oxygen atoms in total. The third-order valence-electron chi connectivity index (χ3n) is 5.81. The Kier molecular flexibility index (Phi) is 6.26. The van der Waals surface area contributed by atoms with Crippen LogP contribution in [0.25, 0.3) is 0 Å². The van der Waals surface area contributed by atoms with Gasteiger partial charge in [-0.1, -0.05) is 60.7 Å². The Hall–Kier alpha value is -1.93. The van der Waals surface area contributed by atoms with Crippen molar-refractivity contribution >= 4 is 0 Å². The molecule has 0 aromatic heterocycles. The summed E-state index contributed by atoms with van der Waals surface area (Å²) < 4.78 is 20.8. The highest BCUT2D eigenvalue weighted by atomic mass is 19.2. The molecule has 1 saturated carbocycles. The third kappa shape index (κ3) is 4.07. The third-order valence-corrected chi connectivity index (χ3v) is 5.81.